The first-order valence-corrected chi connectivity index (χ1v) is 11.5. The van der Waals surface area contributed by atoms with Gasteiger partial charge in [0.15, 0.2) is 5.76 Å². The van der Waals surface area contributed by atoms with Gasteiger partial charge in [0, 0.05) is 24.8 Å². The van der Waals surface area contributed by atoms with Crippen molar-refractivity contribution in [3.63, 3.8) is 0 Å². The molecule has 8 heteroatoms. The molecule has 0 aliphatic heterocycles. The van der Waals surface area contributed by atoms with E-state index in [1.807, 2.05) is 25.1 Å². The van der Waals surface area contributed by atoms with Crippen LogP contribution in [-0.2, 0) is 4.79 Å². The molecule has 160 valence electrons. The fourth-order valence-corrected chi connectivity index (χ4v) is 5.04. The number of thiazole rings is 1. The van der Waals surface area contributed by atoms with Gasteiger partial charge in [-0.1, -0.05) is 30.6 Å². The van der Waals surface area contributed by atoms with E-state index < -0.39 is 0 Å². The molecule has 1 N–H and O–H groups in total. The lowest BCUT2D eigenvalue weighted by molar-refractivity contribution is -0.119. The molecule has 1 aromatic carbocycles. The number of amides is 1. The van der Waals surface area contributed by atoms with Crippen LogP contribution in [0.5, 0.6) is 5.75 Å². The van der Waals surface area contributed by atoms with Crippen LogP contribution in [-0.4, -0.2) is 22.7 Å². The van der Waals surface area contributed by atoms with Gasteiger partial charge in [-0.25, -0.2) is 4.98 Å². The molecule has 1 atom stereocenters. The van der Waals surface area contributed by atoms with Gasteiger partial charge in [-0.2, -0.15) is 0 Å². The van der Waals surface area contributed by atoms with E-state index in [1.165, 1.54) is 6.92 Å². The number of ether oxygens (including phenoxy) is 1. The second-order valence-corrected chi connectivity index (χ2v) is 9.76. The SMILES string of the molecule is CC(=O)N[C@@H](C)c1cc(C2CC(COc3ccc4nc(C(C)C)sc4c3Cl)C2)no1. The number of aromatic nitrogens is 2. The lowest BCUT2D eigenvalue weighted by atomic mass is 9.73. The summed E-state index contributed by atoms with van der Waals surface area (Å²) in [6, 6.07) is 5.67. The van der Waals surface area contributed by atoms with Gasteiger partial charge in [0.1, 0.15) is 10.8 Å². The normalized spacial score (nSPS) is 19.7. The molecule has 3 aromatic rings. The highest BCUT2D eigenvalue weighted by Gasteiger charge is 2.33. The van der Waals surface area contributed by atoms with Gasteiger partial charge in [-0.05, 0) is 37.8 Å². The summed E-state index contributed by atoms with van der Waals surface area (Å²) in [5.74, 6) is 2.53. The predicted octanol–water partition coefficient (Wildman–Crippen LogP) is 5.83. The van der Waals surface area contributed by atoms with Gasteiger partial charge in [0.05, 0.1) is 33.6 Å². The molecule has 1 fully saturated rings. The van der Waals surface area contributed by atoms with Crippen LogP contribution in [0.2, 0.25) is 5.02 Å². The number of benzene rings is 1. The second-order valence-electron chi connectivity index (χ2n) is 8.35. The molecule has 0 bridgehead atoms. The van der Waals surface area contributed by atoms with Crippen LogP contribution in [0.4, 0.5) is 0 Å². The van der Waals surface area contributed by atoms with E-state index in [4.69, 9.17) is 20.9 Å². The number of carbonyl (C=O) groups excluding carboxylic acids is 1. The third-order valence-electron chi connectivity index (χ3n) is 5.49. The zero-order valence-corrected chi connectivity index (χ0v) is 19.1. The van der Waals surface area contributed by atoms with E-state index in [9.17, 15) is 4.79 Å². The molecule has 2 heterocycles. The first-order valence-electron chi connectivity index (χ1n) is 10.3. The van der Waals surface area contributed by atoms with Crippen molar-refractivity contribution in [3.8, 4) is 5.75 Å². The van der Waals surface area contributed by atoms with E-state index in [0.717, 1.165) is 39.5 Å². The highest BCUT2D eigenvalue weighted by Crippen LogP contribution is 2.43. The topological polar surface area (TPSA) is 77.2 Å². The Kier molecular flexibility index (Phi) is 6.02. The molecule has 0 radical (unpaired) electrons. The maximum Gasteiger partial charge on any atom is 0.217 e. The largest absolute Gasteiger partial charge is 0.492 e. The molecular weight excluding hydrogens is 422 g/mol. The standard InChI is InChI=1S/C22H26ClN3O3S/c1-11(2)22-25-16-5-6-18(20(23)21(16)30-22)28-10-14-7-15(8-14)17-9-19(29-26-17)12(3)24-13(4)27/h5-6,9,11-12,14-15H,7-8,10H2,1-4H3,(H,24,27)/t12-,14?,15?/m0/s1. The molecular formula is C22H26ClN3O3S. The van der Waals surface area contributed by atoms with E-state index in [-0.39, 0.29) is 11.9 Å². The smallest absolute Gasteiger partial charge is 0.217 e. The van der Waals surface area contributed by atoms with Crippen LogP contribution >= 0.6 is 22.9 Å². The number of hydrogen-bond donors (Lipinski definition) is 1. The first kappa shape index (κ1) is 21.1. The van der Waals surface area contributed by atoms with Gasteiger partial charge in [-0.3, -0.25) is 4.79 Å². The molecule has 1 saturated carbocycles. The van der Waals surface area contributed by atoms with Gasteiger partial charge < -0.3 is 14.6 Å². The molecule has 1 aliphatic rings. The molecule has 0 unspecified atom stereocenters. The number of carbonyl (C=O) groups is 1. The van der Waals surface area contributed by atoms with E-state index in [0.29, 0.717) is 35.1 Å². The minimum atomic E-state index is -0.178. The number of nitrogens with one attached hydrogen (secondary N) is 1. The number of hydrogen-bond acceptors (Lipinski definition) is 6. The van der Waals surface area contributed by atoms with E-state index >= 15 is 0 Å². The molecule has 4 rings (SSSR count). The fourth-order valence-electron chi connectivity index (χ4n) is 3.71. The summed E-state index contributed by atoms with van der Waals surface area (Å²) in [5.41, 5.74) is 1.88. The third kappa shape index (κ3) is 4.32. The van der Waals surface area contributed by atoms with Crippen molar-refractivity contribution in [2.45, 2.75) is 58.4 Å². The van der Waals surface area contributed by atoms with Crippen molar-refractivity contribution < 1.29 is 14.1 Å². The molecule has 2 aromatic heterocycles. The Balaban J connectivity index is 1.32. The van der Waals surface area contributed by atoms with Crippen molar-refractivity contribution in [1.82, 2.24) is 15.5 Å². The Morgan fingerprint density at radius 3 is 2.83 bits per heavy atom. The quantitative estimate of drug-likeness (QED) is 0.493. The van der Waals surface area contributed by atoms with Gasteiger partial charge in [-0.15, -0.1) is 11.3 Å². The lowest BCUT2D eigenvalue weighted by Gasteiger charge is -2.33. The van der Waals surface area contributed by atoms with Crippen molar-refractivity contribution in [3.05, 3.63) is 39.7 Å². The summed E-state index contributed by atoms with van der Waals surface area (Å²) in [6.07, 6.45) is 2.00. The Bertz CT molecular complexity index is 1060. The van der Waals surface area contributed by atoms with Crippen molar-refractivity contribution in [2.24, 2.45) is 5.92 Å². The zero-order valence-electron chi connectivity index (χ0n) is 17.6. The summed E-state index contributed by atoms with van der Waals surface area (Å²) in [6.45, 7) is 8.27. The summed E-state index contributed by atoms with van der Waals surface area (Å²) in [7, 11) is 0. The summed E-state index contributed by atoms with van der Waals surface area (Å²) < 4.78 is 12.4. The maximum absolute atomic E-state index is 11.2. The van der Waals surface area contributed by atoms with Crippen molar-refractivity contribution in [2.75, 3.05) is 6.61 Å². The van der Waals surface area contributed by atoms with Crippen LogP contribution in [0.15, 0.2) is 22.7 Å². The van der Waals surface area contributed by atoms with E-state index in [2.05, 4.69) is 29.3 Å². The maximum atomic E-state index is 11.2. The third-order valence-corrected chi connectivity index (χ3v) is 7.37. The lowest BCUT2D eigenvalue weighted by Crippen LogP contribution is -2.27. The number of halogens is 1. The summed E-state index contributed by atoms with van der Waals surface area (Å²) >= 11 is 8.23. The molecule has 1 aliphatic carbocycles. The minimum Gasteiger partial charge on any atom is -0.492 e. The van der Waals surface area contributed by atoms with Crippen LogP contribution in [0, 0.1) is 5.92 Å². The molecule has 0 spiro atoms. The highest BCUT2D eigenvalue weighted by molar-refractivity contribution is 7.19. The van der Waals surface area contributed by atoms with Gasteiger partial charge in [0.25, 0.3) is 0 Å². The Hall–Kier alpha value is -2.12. The van der Waals surface area contributed by atoms with Crippen molar-refractivity contribution >= 4 is 39.1 Å². The zero-order chi connectivity index (χ0) is 21.4. The molecule has 30 heavy (non-hydrogen) atoms. The Morgan fingerprint density at radius 2 is 2.13 bits per heavy atom. The Labute approximate surface area is 184 Å². The van der Waals surface area contributed by atoms with Crippen molar-refractivity contribution in [1.29, 1.82) is 0 Å². The number of rotatable bonds is 7. The number of nitrogens with zero attached hydrogens (tertiary/aromatic N) is 2. The predicted molar refractivity (Wildman–Crippen MR) is 118 cm³/mol. The van der Waals surface area contributed by atoms with Crippen LogP contribution in [0.25, 0.3) is 10.2 Å². The highest BCUT2D eigenvalue weighted by atomic mass is 35.5. The average molecular weight is 448 g/mol. The molecule has 0 saturated heterocycles. The Morgan fingerprint density at radius 1 is 1.37 bits per heavy atom. The monoisotopic (exact) mass is 447 g/mol. The summed E-state index contributed by atoms with van der Waals surface area (Å²) in [4.78, 5) is 15.8. The van der Waals surface area contributed by atoms with Gasteiger partial charge >= 0.3 is 0 Å². The van der Waals surface area contributed by atoms with Gasteiger partial charge in [0.2, 0.25) is 5.91 Å². The fraction of sp³-hybridized carbons (Fsp3) is 0.500. The van der Waals surface area contributed by atoms with Crippen LogP contribution in [0.3, 0.4) is 0 Å². The second kappa shape index (κ2) is 8.55. The number of fused-ring (bicyclic) bond motifs is 1. The van der Waals surface area contributed by atoms with E-state index in [1.54, 1.807) is 11.3 Å². The minimum absolute atomic E-state index is 0.0862. The molecule has 6 nitrogen and oxygen atoms in total. The van der Waals surface area contributed by atoms with Crippen LogP contribution < -0.4 is 10.1 Å². The molecule has 1 amide bonds. The van der Waals surface area contributed by atoms with Crippen LogP contribution in [0.1, 0.15) is 74.9 Å². The average Bonchev–Trinajstić information content (AvgIpc) is 3.29. The first-order chi connectivity index (χ1) is 14.3. The summed E-state index contributed by atoms with van der Waals surface area (Å²) in [5, 5.41) is 8.74.